The number of aliphatic hydroxyl groups excluding tert-OH is 3. The number of nitrogens with one attached hydrogen (secondary N) is 7. The highest BCUT2D eigenvalue weighted by Crippen LogP contribution is 2.51. The van der Waals surface area contributed by atoms with E-state index in [1.165, 1.54) is 55.1 Å². The number of aromatic hydroxyl groups is 5. The standard InChI is InChI=1S/C81H80Cl2N10O23/c1-3-4-5-35-6-8-37(9-7-35)33-92-20-22-93(23-21-92)34-47-52(96)32-45-58(68(47)99)44-25-38(12-17-50(44)94)62-75(104)91-66(78(107)90-65(45)79(108)109)67(98)40-14-19-54(48(82)26-40)114-57-29-41-28-56(71(57)115-81-60(84)69(100)70(101)72(116-81)80(110)111)112-42-15-10-36(11-16-42)24-49-73(102)89-64(77(106)88-63(41)76(105)87-62)46-30-43(31-53(97)59(46)83)113-55-27-39(13-18-51(55)95)61(85-2)74(103)86-49/h6-19,25-32,49,60-67,69-70,72,81,85,94-101H,3-5,20-24,33-34,84H2,1-2H3,(H,86,103)(H,87,105)(H,88,106)(H,89,102)(H,90,107)(H,91,104)(H,108,109)(H,110,111)/t49?,60?,61?,62?,63?,64?,65-,66?,67?,69?,70?,72?,81?/m1/s1. The smallest absolute Gasteiger partial charge is 0.335 e. The highest BCUT2D eigenvalue weighted by Gasteiger charge is 2.49. The summed E-state index contributed by atoms with van der Waals surface area (Å²) in [5, 5.41) is 133. The average molecular weight is 1630 g/mol. The summed E-state index contributed by atoms with van der Waals surface area (Å²) in [7, 11) is 1.44. The van der Waals surface area contributed by atoms with E-state index in [1.54, 1.807) is 0 Å². The SMILES string of the molecule is CCCCc1ccc(CN2CCN(Cc3c(O)cc4c(c3O)-c3cc(ccc3O)C3NC(=O)C5NC(=O)C6NC(=O)C(Cc7ccc(cc7)Oc7cc5cc(c7OC5OC(C(=O)O)C(O)C(O)C5N)Oc5ccc(cc5Cl)C(O)C(NC3=O)C(=O)N[C@H]4C(=O)O)NC(=O)C(NC)c3ccc(O)c(c3)Oc3cc(O)c(Cl)c6c3)CC2)cc1. The van der Waals surface area contributed by atoms with E-state index >= 15 is 24.0 Å². The number of hydrogen-bond acceptors (Lipinski definition) is 25. The third kappa shape index (κ3) is 16.5. The zero-order valence-electron chi connectivity index (χ0n) is 61.8. The number of carbonyl (C=O) groups is 8. The van der Waals surface area contributed by atoms with Crippen LogP contribution in [0.3, 0.4) is 0 Å². The lowest BCUT2D eigenvalue weighted by molar-refractivity contribution is -0.236. The van der Waals surface area contributed by atoms with E-state index in [0.717, 1.165) is 91.6 Å². The minimum Gasteiger partial charge on any atom is -0.507 e. The molecule has 12 unspecified atom stereocenters. The number of unbranched alkanes of at least 4 members (excludes halogenated alkanes) is 1. The molecule has 2 saturated heterocycles. The normalized spacial score (nSPS) is 24.4. The van der Waals surface area contributed by atoms with Crippen molar-refractivity contribution in [1.29, 1.82) is 0 Å². The van der Waals surface area contributed by atoms with Gasteiger partial charge < -0.3 is 118 Å². The minimum absolute atomic E-state index is 0.0935. The van der Waals surface area contributed by atoms with Crippen LogP contribution in [-0.4, -0.2) is 184 Å². The zero-order chi connectivity index (χ0) is 82.4. The molecule has 0 saturated carbocycles. The Morgan fingerprint density at radius 1 is 0.560 bits per heavy atom. The molecule has 0 radical (unpaired) electrons. The number of phenolic OH excluding ortho intramolecular Hbond substituents is 5. The van der Waals surface area contributed by atoms with E-state index in [9.17, 15) is 65.4 Å². The fraction of sp³-hybridized carbons (Fsp3) is 0.309. The topological polar surface area (TPSA) is 502 Å². The van der Waals surface area contributed by atoms with Gasteiger partial charge in [-0.05, 0) is 132 Å². The highest BCUT2D eigenvalue weighted by atomic mass is 35.5. The van der Waals surface area contributed by atoms with Gasteiger partial charge in [0, 0.05) is 74.0 Å². The zero-order valence-corrected chi connectivity index (χ0v) is 63.3. The number of likely N-dealkylation sites (N-methyl/N-ethyl adjacent to an activating group) is 1. The number of aliphatic carboxylic acids is 2. The lowest BCUT2D eigenvalue weighted by Gasteiger charge is -2.39. The summed E-state index contributed by atoms with van der Waals surface area (Å²) in [6, 6.07) is 13.8. The first kappa shape index (κ1) is 80.6. The number of carbonyl (C=O) groups excluding carboxylic acids is 6. The van der Waals surface area contributed by atoms with Crippen molar-refractivity contribution in [1.82, 2.24) is 47.0 Å². The molecule has 2 fully saturated rings. The number of phenols is 5. The van der Waals surface area contributed by atoms with Crippen LogP contribution in [0.15, 0.2) is 133 Å². The summed E-state index contributed by atoms with van der Waals surface area (Å²) in [5.41, 5.74) is 6.16. The van der Waals surface area contributed by atoms with Crippen molar-refractivity contribution in [3.8, 4) is 80.1 Å². The van der Waals surface area contributed by atoms with Crippen LogP contribution in [0.5, 0.6) is 69.0 Å². The Kier molecular flexibility index (Phi) is 23.2. The quantitative estimate of drug-likeness (QED) is 0.0724. The summed E-state index contributed by atoms with van der Waals surface area (Å²) >= 11 is 14.1. The van der Waals surface area contributed by atoms with Gasteiger partial charge in [-0.3, -0.25) is 38.6 Å². The highest BCUT2D eigenvalue weighted by molar-refractivity contribution is 6.33. The number of fused-ring (bicyclic) bond motifs is 14. The largest absolute Gasteiger partial charge is 0.507 e. The van der Waals surface area contributed by atoms with E-state index in [2.05, 4.69) is 73.3 Å². The molecule has 33 nitrogen and oxygen atoms in total. The number of nitrogens with two attached hydrogens (primary N) is 1. The number of nitrogens with zero attached hydrogens (tertiary/aromatic N) is 2. The maximum Gasteiger partial charge on any atom is 0.335 e. The van der Waals surface area contributed by atoms with Gasteiger partial charge in [0.2, 0.25) is 47.5 Å². The third-order valence-electron chi connectivity index (χ3n) is 21.2. The van der Waals surface area contributed by atoms with Crippen molar-refractivity contribution in [2.24, 2.45) is 5.73 Å². The van der Waals surface area contributed by atoms with Crippen molar-refractivity contribution in [2.75, 3.05) is 33.2 Å². The number of carboxylic acids is 2. The van der Waals surface area contributed by atoms with Crippen LogP contribution >= 0.6 is 23.2 Å². The summed E-state index contributed by atoms with van der Waals surface area (Å²) in [6.45, 7) is 4.51. The number of aryl methyl sites for hydroxylation is 1. The molecule has 0 aliphatic carbocycles. The first-order chi connectivity index (χ1) is 55.5. The van der Waals surface area contributed by atoms with Gasteiger partial charge in [0.25, 0.3) is 0 Å². The summed E-state index contributed by atoms with van der Waals surface area (Å²) in [4.78, 5) is 125. The molecule has 6 amide bonds. The maximum absolute atomic E-state index is 16.5. The second kappa shape index (κ2) is 33.4. The number of carboxylic acid groups (broad SMARTS) is 2. The Hall–Kier alpha value is -12.0. The Labute approximate surface area is 670 Å². The van der Waals surface area contributed by atoms with Crippen LogP contribution in [0.1, 0.15) is 112 Å². The van der Waals surface area contributed by atoms with Crippen LogP contribution in [0.4, 0.5) is 0 Å². The fourth-order valence-corrected chi connectivity index (χ4v) is 15.3. The van der Waals surface area contributed by atoms with E-state index in [-0.39, 0.29) is 58.2 Å². The molecule has 0 spiro atoms. The van der Waals surface area contributed by atoms with Gasteiger partial charge in [-0.2, -0.15) is 0 Å². The van der Waals surface area contributed by atoms with Crippen molar-refractivity contribution in [3.05, 3.63) is 199 Å². The van der Waals surface area contributed by atoms with E-state index in [1.807, 2.05) is 4.90 Å². The maximum atomic E-state index is 16.5. The van der Waals surface area contributed by atoms with Crippen LogP contribution in [0.25, 0.3) is 11.1 Å². The van der Waals surface area contributed by atoms with E-state index in [4.69, 9.17) is 52.6 Å². The molecular weight excluding hydrogens is 1550 g/mol. The van der Waals surface area contributed by atoms with Gasteiger partial charge in [-0.1, -0.05) is 91.1 Å². The number of aliphatic hydroxyl groups is 3. The molecule has 8 aliphatic heterocycles. The Morgan fingerprint density at radius 3 is 1.86 bits per heavy atom. The van der Waals surface area contributed by atoms with Gasteiger partial charge in [-0.15, -0.1) is 0 Å². The molecule has 16 rings (SSSR count). The monoisotopic (exact) mass is 1630 g/mol. The third-order valence-corrected chi connectivity index (χ3v) is 21.9. The van der Waals surface area contributed by atoms with Crippen LogP contribution in [0, 0.1) is 0 Å². The number of halogens is 2. The number of amides is 6. The molecule has 19 N–H and O–H groups in total. The molecule has 8 heterocycles. The van der Waals surface area contributed by atoms with Crippen molar-refractivity contribution < 1.29 is 113 Å². The van der Waals surface area contributed by atoms with Gasteiger partial charge in [0.1, 0.15) is 94.8 Å². The van der Waals surface area contributed by atoms with Crippen LogP contribution < -0.4 is 61.9 Å². The summed E-state index contributed by atoms with van der Waals surface area (Å²) in [6.07, 6.45) is -8.00. The van der Waals surface area contributed by atoms with Crippen LogP contribution in [0.2, 0.25) is 10.0 Å². The lowest BCUT2D eigenvalue weighted by atomic mass is 9.88. The van der Waals surface area contributed by atoms with Crippen LogP contribution in [-0.2, 0) is 69.0 Å². The molecule has 8 aliphatic rings. The second-order valence-corrected chi connectivity index (χ2v) is 29.7. The van der Waals surface area contributed by atoms with Gasteiger partial charge >= 0.3 is 11.9 Å². The molecule has 35 heteroatoms. The first-order valence-electron chi connectivity index (χ1n) is 37.0. The van der Waals surface area contributed by atoms with Gasteiger partial charge in [0.15, 0.2) is 35.1 Å². The molecule has 8 aromatic carbocycles. The molecule has 606 valence electrons. The average Bonchev–Trinajstić information content (AvgIpc) is 0.755. The number of hydrogen-bond donors (Lipinski definition) is 18. The van der Waals surface area contributed by atoms with Gasteiger partial charge in [0.05, 0.1) is 21.7 Å². The first-order valence-corrected chi connectivity index (χ1v) is 37.7. The van der Waals surface area contributed by atoms with Gasteiger partial charge in [-0.25, -0.2) is 9.59 Å². The summed E-state index contributed by atoms with van der Waals surface area (Å²) in [5.74, 6) is -17.4. The Balaban J connectivity index is 0.951. The number of piperazine rings is 1. The summed E-state index contributed by atoms with van der Waals surface area (Å²) < 4.78 is 31.5. The molecule has 13 atom stereocenters. The van der Waals surface area contributed by atoms with Crippen molar-refractivity contribution in [2.45, 2.75) is 125 Å². The second-order valence-electron chi connectivity index (χ2n) is 29.0. The molecule has 0 aromatic heterocycles. The Morgan fingerprint density at radius 2 is 1.18 bits per heavy atom. The molecule has 116 heavy (non-hydrogen) atoms. The number of benzene rings is 8. The fourth-order valence-electron chi connectivity index (χ4n) is 14.9. The number of ether oxygens (including phenoxy) is 5. The number of rotatable bonds is 12. The predicted octanol–water partition coefficient (Wildman–Crippen LogP) is 5.44. The predicted molar refractivity (Wildman–Crippen MR) is 411 cm³/mol. The van der Waals surface area contributed by atoms with Crippen molar-refractivity contribution >= 4 is 70.6 Å². The lowest BCUT2D eigenvalue weighted by Crippen LogP contribution is -2.64. The minimum atomic E-state index is -2.36. The van der Waals surface area contributed by atoms with E-state index in [0.29, 0.717) is 38.3 Å². The molecule has 8 aromatic rings. The molecule has 17 bridgehead atoms. The van der Waals surface area contributed by atoms with E-state index < -0.39 is 210 Å². The molecular formula is C81H80Cl2N10O23. The van der Waals surface area contributed by atoms with Crippen molar-refractivity contribution in [3.63, 3.8) is 0 Å². The Bertz CT molecular complexity index is 5230.